The molecule has 0 bridgehead atoms. The van der Waals surface area contributed by atoms with E-state index in [-0.39, 0.29) is 5.56 Å². The van der Waals surface area contributed by atoms with E-state index in [2.05, 4.69) is 0 Å². The largest absolute Gasteiger partial charge is 0.414 e. The van der Waals surface area contributed by atoms with Gasteiger partial charge in [-0.05, 0) is 12.5 Å². The van der Waals surface area contributed by atoms with E-state index in [0.29, 0.717) is 5.56 Å². The number of hydrogen-bond donors (Lipinski definition) is 1. The SMILES string of the molecule is Cc1ccccc1C(=O)CC(O)C(F)(F)F. The lowest BCUT2D eigenvalue weighted by Crippen LogP contribution is -2.31. The zero-order valence-corrected chi connectivity index (χ0v) is 8.58. The van der Waals surface area contributed by atoms with Crippen LogP contribution >= 0.6 is 0 Å². The summed E-state index contributed by atoms with van der Waals surface area (Å²) in [7, 11) is 0. The van der Waals surface area contributed by atoms with Crippen molar-refractivity contribution in [3.63, 3.8) is 0 Å². The average Bonchev–Trinajstić information content (AvgIpc) is 2.16. The van der Waals surface area contributed by atoms with Crippen LogP contribution in [0.1, 0.15) is 22.3 Å². The van der Waals surface area contributed by atoms with Gasteiger partial charge in [-0.15, -0.1) is 0 Å². The van der Waals surface area contributed by atoms with Crippen LogP contribution in [0.15, 0.2) is 24.3 Å². The summed E-state index contributed by atoms with van der Waals surface area (Å²) < 4.78 is 36.1. The summed E-state index contributed by atoms with van der Waals surface area (Å²) in [4.78, 5) is 11.5. The fourth-order valence-electron chi connectivity index (χ4n) is 1.29. The van der Waals surface area contributed by atoms with Gasteiger partial charge in [-0.2, -0.15) is 13.2 Å². The molecule has 0 aliphatic rings. The van der Waals surface area contributed by atoms with Crippen LogP contribution in [0.5, 0.6) is 0 Å². The van der Waals surface area contributed by atoms with Crippen molar-refractivity contribution in [3.8, 4) is 0 Å². The van der Waals surface area contributed by atoms with Crippen LogP contribution in [-0.4, -0.2) is 23.2 Å². The highest BCUT2D eigenvalue weighted by Crippen LogP contribution is 2.24. The number of alkyl halides is 3. The van der Waals surface area contributed by atoms with Gasteiger partial charge in [0.15, 0.2) is 11.9 Å². The second kappa shape index (κ2) is 4.65. The lowest BCUT2D eigenvalue weighted by atomic mass is 10.0. The second-order valence-electron chi connectivity index (χ2n) is 3.50. The third kappa shape index (κ3) is 3.06. The predicted octanol–water partition coefficient (Wildman–Crippen LogP) is 2.49. The first-order valence-corrected chi connectivity index (χ1v) is 4.66. The first-order valence-electron chi connectivity index (χ1n) is 4.66. The van der Waals surface area contributed by atoms with Crippen LogP contribution in [-0.2, 0) is 0 Å². The highest BCUT2D eigenvalue weighted by Gasteiger charge is 2.39. The number of carbonyl (C=O) groups is 1. The van der Waals surface area contributed by atoms with Gasteiger partial charge < -0.3 is 5.11 Å². The molecule has 0 amide bonds. The van der Waals surface area contributed by atoms with Crippen molar-refractivity contribution in [2.45, 2.75) is 25.6 Å². The summed E-state index contributed by atoms with van der Waals surface area (Å²) in [5, 5.41) is 8.76. The minimum absolute atomic E-state index is 0.214. The smallest absolute Gasteiger partial charge is 0.383 e. The summed E-state index contributed by atoms with van der Waals surface area (Å²) in [6.07, 6.45) is -8.29. The van der Waals surface area contributed by atoms with Crippen molar-refractivity contribution in [1.82, 2.24) is 0 Å². The molecule has 0 saturated heterocycles. The number of benzene rings is 1. The van der Waals surface area contributed by atoms with E-state index in [1.807, 2.05) is 0 Å². The average molecular weight is 232 g/mol. The summed E-state index contributed by atoms with van der Waals surface area (Å²) >= 11 is 0. The minimum atomic E-state index is -4.75. The Balaban J connectivity index is 2.78. The summed E-state index contributed by atoms with van der Waals surface area (Å²) in [5.74, 6) is -0.706. The molecule has 0 heterocycles. The lowest BCUT2D eigenvalue weighted by molar-refractivity contribution is -0.202. The van der Waals surface area contributed by atoms with Crippen molar-refractivity contribution < 1.29 is 23.1 Å². The van der Waals surface area contributed by atoms with Crippen molar-refractivity contribution in [2.75, 3.05) is 0 Å². The Hall–Kier alpha value is -1.36. The monoisotopic (exact) mass is 232 g/mol. The molecule has 0 aliphatic heterocycles. The Morgan fingerprint density at radius 1 is 1.38 bits per heavy atom. The Morgan fingerprint density at radius 2 is 1.94 bits per heavy atom. The summed E-state index contributed by atoms with van der Waals surface area (Å²) in [5.41, 5.74) is 0.813. The zero-order chi connectivity index (χ0) is 12.3. The zero-order valence-electron chi connectivity index (χ0n) is 8.58. The molecule has 1 aromatic carbocycles. The standard InChI is InChI=1S/C11H11F3O2/c1-7-4-2-3-5-8(7)9(15)6-10(16)11(12,13)14/h2-5,10,16H,6H2,1H3. The van der Waals surface area contributed by atoms with Crippen LogP contribution < -0.4 is 0 Å². The van der Waals surface area contributed by atoms with Crippen LogP contribution in [0.4, 0.5) is 13.2 Å². The number of aliphatic hydroxyl groups is 1. The molecule has 0 spiro atoms. The van der Waals surface area contributed by atoms with Gasteiger partial charge in [-0.25, -0.2) is 0 Å². The maximum Gasteiger partial charge on any atom is 0.414 e. The van der Waals surface area contributed by atoms with Crippen molar-refractivity contribution >= 4 is 5.78 Å². The molecule has 0 aliphatic carbocycles. The Labute approximate surface area is 90.7 Å². The number of Topliss-reactive ketones (excluding diaryl/α,β-unsaturated/α-hetero) is 1. The van der Waals surface area contributed by atoms with Crippen LogP contribution in [0, 0.1) is 6.92 Å². The van der Waals surface area contributed by atoms with E-state index in [1.165, 1.54) is 6.07 Å². The number of aryl methyl sites for hydroxylation is 1. The van der Waals surface area contributed by atoms with E-state index in [9.17, 15) is 18.0 Å². The Morgan fingerprint density at radius 3 is 2.44 bits per heavy atom. The maximum absolute atomic E-state index is 12.0. The maximum atomic E-state index is 12.0. The van der Waals surface area contributed by atoms with E-state index >= 15 is 0 Å². The van der Waals surface area contributed by atoms with Crippen molar-refractivity contribution in [2.24, 2.45) is 0 Å². The molecule has 0 radical (unpaired) electrons. The van der Waals surface area contributed by atoms with Crippen molar-refractivity contribution in [1.29, 1.82) is 0 Å². The van der Waals surface area contributed by atoms with Gasteiger partial charge in [0.2, 0.25) is 0 Å². The molecule has 0 saturated carbocycles. The van der Waals surface area contributed by atoms with E-state index in [1.54, 1.807) is 25.1 Å². The van der Waals surface area contributed by atoms with E-state index in [4.69, 9.17) is 5.11 Å². The molecule has 0 aromatic heterocycles. The topological polar surface area (TPSA) is 37.3 Å². The second-order valence-corrected chi connectivity index (χ2v) is 3.50. The molecule has 1 atom stereocenters. The fourth-order valence-corrected chi connectivity index (χ4v) is 1.29. The number of carbonyl (C=O) groups excluding carboxylic acids is 1. The first kappa shape index (κ1) is 12.7. The summed E-state index contributed by atoms with van der Waals surface area (Å²) in [6.45, 7) is 1.63. The molecule has 5 heteroatoms. The highest BCUT2D eigenvalue weighted by atomic mass is 19.4. The van der Waals surface area contributed by atoms with E-state index < -0.39 is 24.5 Å². The molecule has 1 unspecified atom stereocenters. The molecule has 88 valence electrons. The van der Waals surface area contributed by atoms with Gasteiger partial charge in [-0.1, -0.05) is 24.3 Å². The molecule has 16 heavy (non-hydrogen) atoms. The van der Waals surface area contributed by atoms with Crippen LogP contribution in [0.25, 0.3) is 0 Å². The molecule has 2 nitrogen and oxygen atoms in total. The Bertz CT molecular complexity index is 385. The molecular weight excluding hydrogens is 221 g/mol. The molecule has 0 fully saturated rings. The molecule has 1 N–H and O–H groups in total. The normalized spacial score (nSPS) is 13.6. The number of rotatable bonds is 3. The lowest BCUT2D eigenvalue weighted by Gasteiger charge is -2.14. The van der Waals surface area contributed by atoms with Gasteiger partial charge in [0.05, 0.1) is 0 Å². The quantitative estimate of drug-likeness (QED) is 0.813. The van der Waals surface area contributed by atoms with Gasteiger partial charge in [-0.3, -0.25) is 4.79 Å². The fraction of sp³-hybridized carbons (Fsp3) is 0.364. The number of hydrogen-bond acceptors (Lipinski definition) is 2. The molecule has 1 rings (SSSR count). The van der Waals surface area contributed by atoms with Gasteiger partial charge in [0.25, 0.3) is 0 Å². The number of aliphatic hydroxyl groups excluding tert-OH is 1. The van der Waals surface area contributed by atoms with Gasteiger partial charge >= 0.3 is 6.18 Å². The third-order valence-corrected chi connectivity index (χ3v) is 2.20. The Kier molecular flexibility index (Phi) is 3.70. The molecule has 1 aromatic rings. The van der Waals surface area contributed by atoms with Crippen LogP contribution in [0.3, 0.4) is 0 Å². The number of ketones is 1. The van der Waals surface area contributed by atoms with E-state index in [0.717, 1.165) is 0 Å². The van der Waals surface area contributed by atoms with Gasteiger partial charge in [0, 0.05) is 12.0 Å². The summed E-state index contributed by atoms with van der Waals surface area (Å²) in [6, 6.07) is 6.33. The highest BCUT2D eigenvalue weighted by molar-refractivity contribution is 5.97. The van der Waals surface area contributed by atoms with Gasteiger partial charge in [0.1, 0.15) is 0 Å². The molecular formula is C11H11F3O2. The predicted molar refractivity (Wildman–Crippen MR) is 52.2 cm³/mol. The van der Waals surface area contributed by atoms with Crippen molar-refractivity contribution in [3.05, 3.63) is 35.4 Å². The first-order chi connectivity index (χ1) is 7.32. The number of halogens is 3. The minimum Gasteiger partial charge on any atom is -0.383 e. The van der Waals surface area contributed by atoms with Crippen LogP contribution in [0.2, 0.25) is 0 Å². The third-order valence-electron chi connectivity index (χ3n) is 2.20.